The van der Waals surface area contributed by atoms with Crippen molar-refractivity contribution in [3.8, 4) is 16.9 Å². The van der Waals surface area contributed by atoms with E-state index < -0.39 is 6.04 Å². The fourth-order valence-corrected chi connectivity index (χ4v) is 4.22. The quantitative estimate of drug-likeness (QED) is 0.350. The van der Waals surface area contributed by atoms with E-state index in [1.54, 1.807) is 16.8 Å². The molecule has 0 saturated heterocycles. The topological polar surface area (TPSA) is 116 Å². The van der Waals surface area contributed by atoms with Crippen LogP contribution < -0.4 is 16.6 Å². The third-order valence-corrected chi connectivity index (χ3v) is 5.85. The number of nitrogens with zero attached hydrogens (tertiary/aromatic N) is 6. The molecule has 5 aromatic rings. The second-order valence-corrected chi connectivity index (χ2v) is 8.24. The molecule has 2 aromatic carbocycles. The molecule has 0 bridgehead atoms. The number of aryl methyl sites for hydroxylation is 1. The number of nitrogens with one attached hydrogen (secondary N) is 1. The number of pyridine rings is 1. The van der Waals surface area contributed by atoms with Gasteiger partial charge in [-0.25, -0.2) is 24.8 Å². The SMILES string of the molecule is [C-]#[N+]c1cnc(N)nc1N[C@@H](C)c1cc2cccc(-c3ccnc(C)n3)c2c(=O)n1-c1ccccc1. The van der Waals surface area contributed by atoms with Crippen LogP contribution in [0.4, 0.5) is 17.5 Å². The maximum Gasteiger partial charge on any atom is 0.263 e. The third-order valence-electron chi connectivity index (χ3n) is 5.85. The van der Waals surface area contributed by atoms with E-state index in [9.17, 15) is 4.79 Å². The molecule has 1 atom stereocenters. The first-order valence-electron chi connectivity index (χ1n) is 11.3. The van der Waals surface area contributed by atoms with Gasteiger partial charge in [0.25, 0.3) is 5.56 Å². The maximum absolute atomic E-state index is 14.2. The van der Waals surface area contributed by atoms with Gasteiger partial charge in [0.05, 0.1) is 23.7 Å². The Morgan fingerprint density at radius 3 is 2.61 bits per heavy atom. The zero-order valence-electron chi connectivity index (χ0n) is 19.7. The molecule has 0 fully saturated rings. The number of para-hydroxylation sites is 1. The number of hydrogen-bond acceptors (Lipinski definition) is 7. The molecule has 0 radical (unpaired) electrons. The van der Waals surface area contributed by atoms with Crippen LogP contribution in [0.25, 0.3) is 32.6 Å². The molecule has 5 rings (SSSR count). The van der Waals surface area contributed by atoms with E-state index in [4.69, 9.17) is 12.3 Å². The molecule has 0 unspecified atom stereocenters. The van der Waals surface area contributed by atoms with Crippen LogP contribution in [0.1, 0.15) is 24.5 Å². The largest absolute Gasteiger partial charge is 0.371 e. The summed E-state index contributed by atoms with van der Waals surface area (Å²) in [6, 6.07) is 18.5. The van der Waals surface area contributed by atoms with E-state index in [2.05, 4.69) is 30.1 Å². The first kappa shape index (κ1) is 22.7. The minimum atomic E-state index is -0.401. The van der Waals surface area contributed by atoms with Crippen molar-refractivity contribution < 1.29 is 0 Å². The highest BCUT2D eigenvalue weighted by atomic mass is 16.1. The lowest BCUT2D eigenvalue weighted by molar-refractivity contribution is 0.774. The summed E-state index contributed by atoms with van der Waals surface area (Å²) in [5.41, 5.74) is 8.66. The van der Waals surface area contributed by atoms with Gasteiger partial charge in [-0.2, -0.15) is 0 Å². The van der Waals surface area contributed by atoms with Crippen LogP contribution >= 0.6 is 0 Å². The summed E-state index contributed by atoms with van der Waals surface area (Å²) < 4.78 is 1.68. The molecule has 36 heavy (non-hydrogen) atoms. The van der Waals surface area contributed by atoms with Gasteiger partial charge in [-0.15, -0.1) is 0 Å². The van der Waals surface area contributed by atoms with Crippen molar-refractivity contribution in [2.45, 2.75) is 19.9 Å². The predicted octanol–water partition coefficient (Wildman–Crippen LogP) is 4.85. The number of anilines is 2. The van der Waals surface area contributed by atoms with Gasteiger partial charge in [0.15, 0.2) is 0 Å². The Hall–Kier alpha value is -5.10. The zero-order chi connectivity index (χ0) is 25.2. The van der Waals surface area contributed by atoms with E-state index in [-0.39, 0.29) is 17.2 Å². The van der Waals surface area contributed by atoms with Crippen LogP contribution in [0.2, 0.25) is 0 Å². The van der Waals surface area contributed by atoms with Crippen LogP contribution in [-0.4, -0.2) is 24.5 Å². The zero-order valence-corrected chi connectivity index (χ0v) is 19.7. The average Bonchev–Trinajstić information content (AvgIpc) is 2.89. The number of hydrogen-bond donors (Lipinski definition) is 2. The number of nitrogen functional groups attached to an aromatic ring is 1. The Labute approximate surface area is 207 Å². The summed E-state index contributed by atoms with van der Waals surface area (Å²) in [5, 5.41) is 4.58. The smallest absolute Gasteiger partial charge is 0.263 e. The lowest BCUT2D eigenvalue weighted by Crippen LogP contribution is -2.26. The molecule has 0 amide bonds. The summed E-state index contributed by atoms with van der Waals surface area (Å²) in [5.74, 6) is 0.991. The summed E-state index contributed by atoms with van der Waals surface area (Å²) in [7, 11) is 0. The first-order valence-corrected chi connectivity index (χ1v) is 11.3. The Kier molecular flexibility index (Phi) is 5.84. The lowest BCUT2D eigenvalue weighted by atomic mass is 10.0. The molecule has 176 valence electrons. The van der Waals surface area contributed by atoms with Crippen LogP contribution in [0.3, 0.4) is 0 Å². The molecule has 0 saturated carbocycles. The number of rotatable bonds is 5. The second kappa shape index (κ2) is 9.27. The molecule has 9 nitrogen and oxygen atoms in total. The Balaban J connectivity index is 1.75. The fourth-order valence-electron chi connectivity index (χ4n) is 4.22. The van der Waals surface area contributed by atoms with Crippen molar-refractivity contribution in [3.05, 3.63) is 106 Å². The van der Waals surface area contributed by atoms with Crippen LogP contribution in [-0.2, 0) is 0 Å². The van der Waals surface area contributed by atoms with Crippen LogP contribution in [0.5, 0.6) is 0 Å². The Morgan fingerprint density at radius 2 is 1.86 bits per heavy atom. The summed E-state index contributed by atoms with van der Waals surface area (Å²) in [6.45, 7) is 11.2. The van der Waals surface area contributed by atoms with Crippen LogP contribution in [0.15, 0.2) is 77.9 Å². The molecule has 0 aliphatic rings. The lowest BCUT2D eigenvalue weighted by Gasteiger charge is -2.22. The minimum Gasteiger partial charge on any atom is -0.371 e. The number of benzene rings is 2. The van der Waals surface area contributed by atoms with Gasteiger partial charge in [0.1, 0.15) is 11.6 Å². The molecule has 3 aromatic heterocycles. The second-order valence-electron chi connectivity index (χ2n) is 8.24. The first-order chi connectivity index (χ1) is 17.5. The Bertz CT molecular complexity index is 1690. The van der Waals surface area contributed by atoms with Gasteiger partial charge in [-0.1, -0.05) is 36.4 Å². The molecule has 0 aliphatic carbocycles. The van der Waals surface area contributed by atoms with Crippen molar-refractivity contribution in [2.24, 2.45) is 0 Å². The maximum atomic E-state index is 14.2. The molecule has 0 spiro atoms. The molecule has 0 aliphatic heterocycles. The van der Waals surface area contributed by atoms with Gasteiger partial charge >= 0.3 is 0 Å². The van der Waals surface area contributed by atoms with E-state index in [1.807, 2.05) is 68.4 Å². The highest BCUT2D eigenvalue weighted by Gasteiger charge is 2.20. The van der Waals surface area contributed by atoms with E-state index in [1.165, 1.54) is 6.20 Å². The molecule has 3 heterocycles. The minimum absolute atomic E-state index is 0.0563. The standard InChI is InChI=1S/C27H22N8O/c1-16(32-25-22(29-3)15-31-27(28)34-25)23-14-18-8-7-11-20(21-12-13-30-17(2)33-21)24(18)26(36)35(23)19-9-5-4-6-10-19/h4-16H,1-2H3,(H3,28,31,32,34)/t16-/m0/s1. The molecule has 9 heteroatoms. The van der Waals surface area contributed by atoms with Gasteiger partial charge in [-0.05, 0) is 43.5 Å². The van der Waals surface area contributed by atoms with Gasteiger partial charge in [-0.3, -0.25) is 9.36 Å². The highest BCUT2D eigenvalue weighted by molar-refractivity contribution is 5.95. The van der Waals surface area contributed by atoms with Crippen molar-refractivity contribution in [1.82, 2.24) is 24.5 Å². The van der Waals surface area contributed by atoms with Crippen molar-refractivity contribution in [2.75, 3.05) is 11.1 Å². The monoisotopic (exact) mass is 474 g/mol. The number of fused-ring (bicyclic) bond motifs is 1. The number of nitrogens with two attached hydrogens (primary N) is 1. The predicted molar refractivity (Wildman–Crippen MR) is 140 cm³/mol. The van der Waals surface area contributed by atoms with E-state index in [0.717, 1.165) is 10.9 Å². The fraction of sp³-hybridized carbons (Fsp3) is 0.111. The average molecular weight is 475 g/mol. The van der Waals surface area contributed by atoms with Gasteiger partial charge in [0, 0.05) is 29.3 Å². The number of aromatic nitrogens is 5. The summed E-state index contributed by atoms with van der Waals surface area (Å²) >= 11 is 0. The summed E-state index contributed by atoms with van der Waals surface area (Å²) in [4.78, 5) is 34.5. The van der Waals surface area contributed by atoms with Crippen molar-refractivity contribution in [1.29, 1.82) is 0 Å². The molecular weight excluding hydrogens is 452 g/mol. The van der Waals surface area contributed by atoms with Crippen molar-refractivity contribution >= 4 is 28.2 Å². The molecule has 3 N–H and O–H groups in total. The Morgan fingerprint density at radius 1 is 1.06 bits per heavy atom. The highest BCUT2D eigenvalue weighted by Crippen LogP contribution is 2.31. The van der Waals surface area contributed by atoms with Gasteiger partial charge < -0.3 is 11.1 Å². The van der Waals surface area contributed by atoms with E-state index in [0.29, 0.717) is 34.1 Å². The van der Waals surface area contributed by atoms with Crippen LogP contribution in [0, 0.1) is 13.5 Å². The van der Waals surface area contributed by atoms with Crippen molar-refractivity contribution in [3.63, 3.8) is 0 Å². The summed E-state index contributed by atoms with van der Waals surface area (Å²) in [6.07, 6.45) is 3.07. The third kappa shape index (κ3) is 4.12. The van der Waals surface area contributed by atoms with E-state index >= 15 is 0 Å². The normalized spacial score (nSPS) is 11.7. The molecular formula is C27H22N8O. The van der Waals surface area contributed by atoms with Gasteiger partial charge in [0.2, 0.25) is 11.6 Å².